The van der Waals surface area contributed by atoms with Gasteiger partial charge in [0, 0.05) is 23.2 Å². The summed E-state index contributed by atoms with van der Waals surface area (Å²) >= 11 is 5.94. The molecule has 2 aromatic carbocycles. The van der Waals surface area contributed by atoms with Gasteiger partial charge in [-0.1, -0.05) is 29.8 Å². The van der Waals surface area contributed by atoms with Gasteiger partial charge in [0.1, 0.15) is 6.04 Å². The maximum absolute atomic E-state index is 13.1. The molecule has 148 valence electrons. The van der Waals surface area contributed by atoms with Gasteiger partial charge in [-0.3, -0.25) is 29.4 Å². The molecule has 0 aromatic heterocycles. The highest BCUT2D eigenvalue weighted by molar-refractivity contribution is 6.30. The largest absolute Gasteiger partial charge is 0.378 e. The number of amides is 4. The fourth-order valence-electron chi connectivity index (χ4n) is 3.70. The van der Waals surface area contributed by atoms with Gasteiger partial charge in [-0.25, -0.2) is 0 Å². The molecule has 2 aromatic rings. The molecule has 2 heterocycles. The van der Waals surface area contributed by atoms with E-state index in [0.717, 1.165) is 10.5 Å². The second kappa shape index (κ2) is 7.33. The lowest BCUT2D eigenvalue weighted by Crippen LogP contribution is -2.54. The van der Waals surface area contributed by atoms with Gasteiger partial charge in [0.15, 0.2) is 0 Å². The Balaban J connectivity index is 1.63. The van der Waals surface area contributed by atoms with Gasteiger partial charge in [0.25, 0.3) is 11.8 Å². The highest BCUT2D eigenvalue weighted by Gasteiger charge is 2.45. The van der Waals surface area contributed by atoms with Gasteiger partial charge in [0.2, 0.25) is 11.8 Å². The summed E-state index contributed by atoms with van der Waals surface area (Å²) in [7, 11) is 0. The van der Waals surface area contributed by atoms with Gasteiger partial charge in [0.05, 0.1) is 11.1 Å². The summed E-state index contributed by atoms with van der Waals surface area (Å²) in [5, 5.41) is 6.10. The Morgan fingerprint density at radius 3 is 2.48 bits per heavy atom. The first-order chi connectivity index (χ1) is 13.9. The van der Waals surface area contributed by atoms with Crippen LogP contribution in [0.25, 0.3) is 0 Å². The third kappa shape index (κ3) is 3.38. The van der Waals surface area contributed by atoms with E-state index in [4.69, 9.17) is 11.6 Å². The van der Waals surface area contributed by atoms with E-state index < -0.39 is 29.7 Å². The number of rotatable bonds is 4. The first-order valence-corrected chi connectivity index (χ1v) is 9.61. The molecule has 4 amide bonds. The quantitative estimate of drug-likeness (QED) is 0.754. The van der Waals surface area contributed by atoms with Gasteiger partial charge >= 0.3 is 0 Å². The van der Waals surface area contributed by atoms with Crippen LogP contribution in [0.5, 0.6) is 0 Å². The first kappa shape index (κ1) is 19.1. The van der Waals surface area contributed by atoms with Gasteiger partial charge in [-0.2, -0.15) is 0 Å². The number of hydrogen-bond donors (Lipinski definition) is 2. The molecule has 0 spiro atoms. The summed E-state index contributed by atoms with van der Waals surface area (Å²) in [6.45, 7) is 1.93. The average Bonchev–Trinajstić information content (AvgIpc) is 2.94. The topological polar surface area (TPSA) is 95.6 Å². The number of imide groups is 2. The van der Waals surface area contributed by atoms with Crippen LogP contribution >= 0.6 is 11.6 Å². The van der Waals surface area contributed by atoms with Gasteiger partial charge in [-0.15, -0.1) is 0 Å². The van der Waals surface area contributed by atoms with Crippen LogP contribution in [0.3, 0.4) is 0 Å². The van der Waals surface area contributed by atoms with Crippen LogP contribution in [0, 0.1) is 0 Å². The lowest BCUT2D eigenvalue weighted by atomic mass is 10.0. The number of anilines is 1. The minimum atomic E-state index is -0.985. The van der Waals surface area contributed by atoms with Crippen molar-refractivity contribution >= 4 is 40.9 Å². The Bertz CT molecular complexity index is 1030. The molecule has 0 radical (unpaired) electrons. The molecule has 2 atom stereocenters. The van der Waals surface area contributed by atoms with Crippen LogP contribution in [0.1, 0.15) is 52.1 Å². The second-order valence-corrected chi connectivity index (χ2v) is 7.53. The van der Waals surface area contributed by atoms with E-state index in [9.17, 15) is 19.2 Å². The molecular formula is C21H18ClN3O4. The number of fused-ring (bicyclic) bond motifs is 1. The molecule has 2 aliphatic rings. The molecule has 8 heteroatoms. The summed E-state index contributed by atoms with van der Waals surface area (Å²) in [6.07, 6.45) is 0.211. The first-order valence-electron chi connectivity index (χ1n) is 9.23. The fraction of sp³-hybridized carbons (Fsp3) is 0.238. The van der Waals surface area contributed by atoms with Crippen molar-refractivity contribution in [1.82, 2.24) is 10.2 Å². The Morgan fingerprint density at radius 1 is 1.07 bits per heavy atom. The smallest absolute Gasteiger partial charge is 0.264 e. The SMILES string of the molecule is C[C@H](Nc1cccc2c1C(=O)N(C1CCC(=O)NC1=O)C2=O)c1ccc(Cl)cc1. The van der Waals surface area contributed by atoms with E-state index in [-0.39, 0.29) is 30.0 Å². The molecule has 7 nitrogen and oxygen atoms in total. The van der Waals surface area contributed by atoms with Gasteiger partial charge < -0.3 is 5.32 Å². The minimum absolute atomic E-state index is 0.0858. The third-order valence-corrected chi connectivity index (χ3v) is 5.46. The highest BCUT2D eigenvalue weighted by Crippen LogP contribution is 2.34. The standard InChI is InChI=1S/C21H18ClN3O4/c1-11(12-5-7-13(22)8-6-12)23-15-4-2-3-14-18(15)21(29)25(20(14)28)16-9-10-17(26)24-19(16)27/h2-8,11,16,23H,9-10H2,1H3,(H,24,26,27)/t11-,16?/m0/s1. The molecule has 0 saturated carbocycles. The van der Waals surface area contributed by atoms with E-state index in [1.807, 2.05) is 19.1 Å². The van der Waals surface area contributed by atoms with E-state index in [2.05, 4.69) is 10.6 Å². The minimum Gasteiger partial charge on any atom is -0.378 e. The molecule has 1 unspecified atom stereocenters. The summed E-state index contributed by atoms with van der Waals surface area (Å²) in [5.74, 6) is -2.09. The molecule has 2 aliphatic heterocycles. The molecule has 4 rings (SSSR count). The normalized spacial score (nSPS) is 19.8. The Hall–Kier alpha value is -3.19. The number of benzene rings is 2. The third-order valence-electron chi connectivity index (χ3n) is 5.21. The Kier molecular flexibility index (Phi) is 4.84. The van der Waals surface area contributed by atoms with E-state index in [1.165, 1.54) is 0 Å². The van der Waals surface area contributed by atoms with E-state index in [1.54, 1.807) is 30.3 Å². The average molecular weight is 412 g/mol. The van der Waals surface area contributed by atoms with Crippen molar-refractivity contribution < 1.29 is 19.2 Å². The number of carbonyl (C=O) groups is 4. The number of carbonyl (C=O) groups excluding carboxylic acids is 4. The number of hydrogen-bond acceptors (Lipinski definition) is 5. The predicted octanol–water partition coefficient (Wildman–Crippen LogP) is 2.91. The van der Waals surface area contributed by atoms with Crippen molar-refractivity contribution in [2.24, 2.45) is 0 Å². The molecule has 2 N–H and O–H groups in total. The lowest BCUT2D eigenvalue weighted by Gasteiger charge is -2.28. The maximum atomic E-state index is 13.1. The van der Waals surface area contributed by atoms with E-state index >= 15 is 0 Å². The number of piperidine rings is 1. The molecule has 0 aliphatic carbocycles. The van der Waals surface area contributed by atoms with Crippen LogP contribution < -0.4 is 10.6 Å². The second-order valence-electron chi connectivity index (χ2n) is 7.09. The highest BCUT2D eigenvalue weighted by atomic mass is 35.5. The predicted molar refractivity (Wildman–Crippen MR) is 107 cm³/mol. The molecule has 29 heavy (non-hydrogen) atoms. The van der Waals surface area contributed by atoms with Crippen molar-refractivity contribution in [2.45, 2.75) is 31.8 Å². The van der Waals surface area contributed by atoms with Crippen molar-refractivity contribution in [1.29, 1.82) is 0 Å². The summed E-state index contributed by atoms with van der Waals surface area (Å²) in [5.41, 5.74) is 1.96. The Labute approximate surface area is 172 Å². The number of nitrogens with one attached hydrogen (secondary N) is 2. The maximum Gasteiger partial charge on any atom is 0.264 e. The molecule has 0 bridgehead atoms. The van der Waals surface area contributed by atoms with Crippen LogP contribution in [0.2, 0.25) is 5.02 Å². The van der Waals surface area contributed by atoms with Crippen LogP contribution in [-0.2, 0) is 9.59 Å². The summed E-state index contributed by atoms with van der Waals surface area (Å²) in [6, 6.07) is 11.2. The zero-order valence-electron chi connectivity index (χ0n) is 15.6. The van der Waals surface area contributed by atoms with Crippen molar-refractivity contribution in [3.8, 4) is 0 Å². The van der Waals surface area contributed by atoms with Crippen molar-refractivity contribution in [3.05, 3.63) is 64.2 Å². The monoisotopic (exact) mass is 411 g/mol. The number of nitrogens with zero attached hydrogens (tertiary/aromatic N) is 1. The lowest BCUT2D eigenvalue weighted by molar-refractivity contribution is -0.136. The fourth-order valence-corrected chi connectivity index (χ4v) is 3.83. The summed E-state index contributed by atoms with van der Waals surface area (Å²) in [4.78, 5) is 50.6. The zero-order valence-corrected chi connectivity index (χ0v) is 16.3. The van der Waals surface area contributed by atoms with Crippen LogP contribution in [-0.4, -0.2) is 34.6 Å². The zero-order chi connectivity index (χ0) is 20.7. The van der Waals surface area contributed by atoms with Gasteiger partial charge in [-0.05, 0) is 43.2 Å². The molecular weight excluding hydrogens is 394 g/mol. The Morgan fingerprint density at radius 2 is 1.79 bits per heavy atom. The number of halogens is 1. The molecule has 1 fully saturated rings. The van der Waals surface area contributed by atoms with Crippen LogP contribution in [0.15, 0.2) is 42.5 Å². The van der Waals surface area contributed by atoms with Crippen LogP contribution in [0.4, 0.5) is 5.69 Å². The van der Waals surface area contributed by atoms with E-state index in [0.29, 0.717) is 10.7 Å². The molecule has 1 saturated heterocycles. The van der Waals surface area contributed by atoms with Crippen molar-refractivity contribution in [2.75, 3.05) is 5.32 Å². The summed E-state index contributed by atoms with van der Waals surface area (Å²) < 4.78 is 0. The van der Waals surface area contributed by atoms with Crippen molar-refractivity contribution in [3.63, 3.8) is 0 Å².